The summed E-state index contributed by atoms with van der Waals surface area (Å²) in [4.78, 5) is 20.9. The van der Waals surface area contributed by atoms with Crippen molar-refractivity contribution in [3.63, 3.8) is 0 Å². The van der Waals surface area contributed by atoms with Crippen LogP contribution in [0.2, 0.25) is 0 Å². The predicted octanol–water partition coefficient (Wildman–Crippen LogP) is 2.31. The summed E-state index contributed by atoms with van der Waals surface area (Å²) in [6.07, 6.45) is 7.30. The zero-order valence-corrected chi connectivity index (χ0v) is 12.5. The lowest BCUT2D eigenvalue weighted by Crippen LogP contribution is -2.36. The number of hydrogen-bond donors (Lipinski definition) is 1. The van der Waals surface area contributed by atoms with E-state index in [4.69, 9.17) is 0 Å². The van der Waals surface area contributed by atoms with Crippen molar-refractivity contribution in [3.05, 3.63) is 34.8 Å². The third kappa shape index (κ3) is 2.60. The number of nitrogens with one attached hydrogen (secondary N) is 1. The maximum absolute atomic E-state index is 12.5. The number of aromatic nitrogens is 3. The van der Waals surface area contributed by atoms with Gasteiger partial charge in [-0.05, 0) is 26.7 Å². The molecule has 2 aromatic heterocycles. The number of thiazole rings is 1. The molecule has 106 valence electrons. The summed E-state index contributed by atoms with van der Waals surface area (Å²) in [7, 11) is 0. The van der Waals surface area contributed by atoms with Crippen molar-refractivity contribution < 1.29 is 4.79 Å². The lowest BCUT2D eigenvalue weighted by atomic mass is 10.1. The molecule has 1 aliphatic carbocycles. The van der Waals surface area contributed by atoms with Crippen molar-refractivity contribution in [3.8, 4) is 0 Å². The Hall–Kier alpha value is -1.69. The molecule has 0 aromatic carbocycles. The minimum absolute atomic E-state index is 0.0264. The molecule has 1 unspecified atom stereocenters. The lowest BCUT2D eigenvalue weighted by molar-refractivity contribution is -0.127. The number of aryl methyl sites for hydroxylation is 1. The van der Waals surface area contributed by atoms with Crippen LogP contribution in [0.5, 0.6) is 0 Å². The van der Waals surface area contributed by atoms with E-state index in [1.807, 2.05) is 30.0 Å². The summed E-state index contributed by atoms with van der Waals surface area (Å²) >= 11 is 1.59. The van der Waals surface area contributed by atoms with Crippen LogP contribution in [0.1, 0.15) is 36.5 Å². The standard InChI is InChI=1S/C14H18N4OS/c1-10-7-20-12(16-10)11(2)17-13(19)14(3-4-14)8-18-6-5-15-9-18/h5-7,9,11H,3-4,8H2,1-2H3,(H,17,19). The molecular weight excluding hydrogens is 272 g/mol. The Kier molecular flexibility index (Phi) is 3.33. The highest BCUT2D eigenvalue weighted by atomic mass is 32.1. The van der Waals surface area contributed by atoms with E-state index in [1.165, 1.54) is 0 Å². The van der Waals surface area contributed by atoms with Gasteiger partial charge in [0, 0.05) is 30.0 Å². The fourth-order valence-corrected chi connectivity index (χ4v) is 3.12. The van der Waals surface area contributed by atoms with E-state index < -0.39 is 0 Å². The third-order valence-corrected chi connectivity index (χ3v) is 4.88. The van der Waals surface area contributed by atoms with Gasteiger partial charge in [-0.3, -0.25) is 4.79 Å². The second-order valence-electron chi connectivity index (χ2n) is 5.54. The van der Waals surface area contributed by atoms with Gasteiger partial charge in [-0.15, -0.1) is 11.3 Å². The van der Waals surface area contributed by atoms with Gasteiger partial charge in [0.1, 0.15) is 5.01 Å². The Labute approximate surface area is 122 Å². The van der Waals surface area contributed by atoms with E-state index in [0.717, 1.165) is 23.5 Å². The smallest absolute Gasteiger partial charge is 0.228 e. The molecule has 0 aliphatic heterocycles. The Morgan fingerprint density at radius 2 is 2.40 bits per heavy atom. The van der Waals surface area contributed by atoms with Crippen molar-refractivity contribution in [1.29, 1.82) is 0 Å². The summed E-state index contributed by atoms with van der Waals surface area (Å²) in [5.74, 6) is 0.131. The molecule has 2 heterocycles. The molecule has 6 heteroatoms. The van der Waals surface area contributed by atoms with Crippen LogP contribution in [0, 0.1) is 12.3 Å². The minimum atomic E-state index is -0.249. The zero-order valence-electron chi connectivity index (χ0n) is 11.7. The first-order valence-electron chi connectivity index (χ1n) is 6.78. The first-order valence-corrected chi connectivity index (χ1v) is 7.66. The molecule has 1 atom stereocenters. The molecule has 5 nitrogen and oxygen atoms in total. The van der Waals surface area contributed by atoms with E-state index in [9.17, 15) is 4.79 Å². The van der Waals surface area contributed by atoms with Crippen LogP contribution >= 0.6 is 11.3 Å². The van der Waals surface area contributed by atoms with Gasteiger partial charge in [-0.25, -0.2) is 9.97 Å². The average molecular weight is 290 g/mol. The molecule has 2 aromatic rings. The first kappa shape index (κ1) is 13.3. The summed E-state index contributed by atoms with van der Waals surface area (Å²) in [6.45, 7) is 4.67. The molecule has 1 saturated carbocycles. The van der Waals surface area contributed by atoms with E-state index in [0.29, 0.717) is 6.54 Å². The quantitative estimate of drug-likeness (QED) is 0.919. The van der Waals surface area contributed by atoms with Gasteiger partial charge in [-0.1, -0.05) is 0 Å². The highest BCUT2D eigenvalue weighted by Crippen LogP contribution is 2.47. The van der Waals surface area contributed by atoms with Crippen LogP contribution in [-0.4, -0.2) is 20.4 Å². The van der Waals surface area contributed by atoms with Gasteiger partial charge in [0.25, 0.3) is 0 Å². The van der Waals surface area contributed by atoms with Crippen LogP contribution in [0.25, 0.3) is 0 Å². The molecule has 0 bridgehead atoms. The summed E-state index contributed by atoms with van der Waals surface area (Å²) < 4.78 is 1.98. The summed E-state index contributed by atoms with van der Waals surface area (Å²) in [5.41, 5.74) is 0.756. The van der Waals surface area contributed by atoms with Crippen LogP contribution in [0.4, 0.5) is 0 Å². The number of amides is 1. The Balaban J connectivity index is 1.64. The fraction of sp³-hybridized carbons (Fsp3) is 0.500. The monoisotopic (exact) mass is 290 g/mol. The van der Waals surface area contributed by atoms with Crippen molar-refractivity contribution in [2.45, 2.75) is 39.3 Å². The number of hydrogen-bond acceptors (Lipinski definition) is 4. The number of imidazole rings is 1. The predicted molar refractivity (Wildman–Crippen MR) is 77.3 cm³/mol. The lowest BCUT2D eigenvalue weighted by Gasteiger charge is -2.18. The molecule has 3 rings (SSSR count). The van der Waals surface area contributed by atoms with Crippen molar-refractivity contribution in [1.82, 2.24) is 19.9 Å². The Bertz CT molecular complexity index is 600. The highest BCUT2D eigenvalue weighted by molar-refractivity contribution is 7.09. The van der Waals surface area contributed by atoms with Crippen LogP contribution < -0.4 is 5.32 Å². The van der Waals surface area contributed by atoms with E-state index in [1.54, 1.807) is 23.9 Å². The maximum atomic E-state index is 12.5. The van der Waals surface area contributed by atoms with Crippen molar-refractivity contribution >= 4 is 17.2 Å². The number of carbonyl (C=O) groups excluding carboxylic acids is 1. The topological polar surface area (TPSA) is 59.8 Å². The molecule has 1 N–H and O–H groups in total. The van der Waals surface area contributed by atoms with E-state index >= 15 is 0 Å². The molecule has 1 fully saturated rings. The van der Waals surface area contributed by atoms with Crippen LogP contribution in [0.15, 0.2) is 24.1 Å². The molecular formula is C14H18N4OS. The van der Waals surface area contributed by atoms with Gasteiger partial charge >= 0.3 is 0 Å². The number of nitrogens with zero attached hydrogens (tertiary/aromatic N) is 3. The van der Waals surface area contributed by atoms with Gasteiger partial charge in [-0.2, -0.15) is 0 Å². The fourth-order valence-electron chi connectivity index (χ4n) is 2.32. The Morgan fingerprint density at radius 3 is 2.95 bits per heavy atom. The molecule has 0 saturated heterocycles. The number of carbonyl (C=O) groups is 1. The second kappa shape index (κ2) is 5.01. The van der Waals surface area contributed by atoms with Crippen LogP contribution in [-0.2, 0) is 11.3 Å². The number of rotatable bonds is 5. The minimum Gasteiger partial charge on any atom is -0.347 e. The largest absolute Gasteiger partial charge is 0.347 e. The SMILES string of the molecule is Cc1csc(C(C)NC(=O)C2(Cn3ccnc3)CC2)n1. The average Bonchev–Trinajstić information content (AvgIpc) is 2.83. The molecule has 1 amide bonds. The zero-order chi connectivity index (χ0) is 14.2. The summed E-state index contributed by atoms with van der Waals surface area (Å²) in [5, 5.41) is 6.08. The third-order valence-electron chi connectivity index (χ3n) is 3.73. The van der Waals surface area contributed by atoms with E-state index in [-0.39, 0.29) is 17.4 Å². The second-order valence-corrected chi connectivity index (χ2v) is 6.43. The van der Waals surface area contributed by atoms with Crippen molar-refractivity contribution in [2.24, 2.45) is 5.41 Å². The van der Waals surface area contributed by atoms with Gasteiger partial charge in [0.2, 0.25) is 5.91 Å². The van der Waals surface area contributed by atoms with Gasteiger partial charge in [0.05, 0.1) is 17.8 Å². The normalized spacial score (nSPS) is 17.7. The molecule has 0 spiro atoms. The highest BCUT2D eigenvalue weighted by Gasteiger charge is 2.50. The summed E-state index contributed by atoms with van der Waals surface area (Å²) in [6, 6.07) is -0.0264. The molecule has 1 aliphatic rings. The van der Waals surface area contributed by atoms with Gasteiger partial charge < -0.3 is 9.88 Å². The molecule has 0 radical (unpaired) electrons. The maximum Gasteiger partial charge on any atom is 0.228 e. The van der Waals surface area contributed by atoms with Gasteiger partial charge in [0.15, 0.2) is 0 Å². The van der Waals surface area contributed by atoms with Crippen molar-refractivity contribution in [2.75, 3.05) is 0 Å². The van der Waals surface area contributed by atoms with E-state index in [2.05, 4.69) is 15.3 Å². The van der Waals surface area contributed by atoms with Crippen LogP contribution in [0.3, 0.4) is 0 Å². The Morgan fingerprint density at radius 1 is 1.60 bits per heavy atom. The first-order chi connectivity index (χ1) is 9.59. The molecule has 20 heavy (non-hydrogen) atoms.